The zero-order valence-electron chi connectivity index (χ0n) is 8.87. The number of piperazine rings is 1. The van der Waals surface area contributed by atoms with Crippen molar-refractivity contribution in [3.05, 3.63) is 12.2 Å². The Morgan fingerprint density at radius 1 is 1.29 bits per heavy atom. The van der Waals surface area contributed by atoms with Crippen molar-refractivity contribution in [1.29, 1.82) is 5.41 Å². The minimum atomic E-state index is 0.595. The first-order valence-corrected chi connectivity index (χ1v) is 5.44. The second-order valence-corrected chi connectivity index (χ2v) is 4.33. The van der Waals surface area contributed by atoms with E-state index in [9.17, 15) is 0 Å². The summed E-state index contributed by atoms with van der Waals surface area (Å²) in [7, 11) is 2.18. The van der Waals surface area contributed by atoms with E-state index in [2.05, 4.69) is 22.9 Å². The number of hydrogen-bond donors (Lipinski definition) is 1. The Hall–Kier alpha value is -0.670. The van der Waals surface area contributed by atoms with Crippen LogP contribution < -0.4 is 0 Å². The van der Waals surface area contributed by atoms with Gasteiger partial charge in [0.1, 0.15) is 0 Å². The van der Waals surface area contributed by atoms with Crippen molar-refractivity contribution in [2.75, 3.05) is 33.2 Å². The Bertz CT molecular complexity index is 239. The first kappa shape index (κ1) is 9.87. The monoisotopic (exact) mass is 193 g/mol. The summed E-state index contributed by atoms with van der Waals surface area (Å²) in [6.45, 7) is 4.72. The van der Waals surface area contributed by atoms with Crippen molar-refractivity contribution in [1.82, 2.24) is 9.80 Å². The summed E-state index contributed by atoms with van der Waals surface area (Å²) in [5.41, 5.74) is 0.787. The van der Waals surface area contributed by atoms with Crippen LogP contribution in [-0.2, 0) is 0 Å². The quantitative estimate of drug-likeness (QED) is 0.672. The summed E-state index contributed by atoms with van der Waals surface area (Å²) in [5, 5.41) is 7.51. The minimum Gasteiger partial charge on any atom is -0.305 e. The van der Waals surface area contributed by atoms with Crippen LogP contribution in [0.4, 0.5) is 0 Å². The number of rotatable bonds is 1. The summed E-state index contributed by atoms with van der Waals surface area (Å²) in [6, 6.07) is 0.595. The SMILES string of the molecule is CN1CCN(C2C=CC(=N)CC2)CC1. The molecule has 0 aromatic heterocycles. The lowest BCUT2D eigenvalue weighted by atomic mass is 9.99. The second kappa shape index (κ2) is 4.24. The minimum absolute atomic E-state index is 0.595. The summed E-state index contributed by atoms with van der Waals surface area (Å²) in [4.78, 5) is 4.92. The van der Waals surface area contributed by atoms with Crippen LogP contribution in [0.25, 0.3) is 0 Å². The third-order valence-corrected chi connectivity index (χ3v) is 3.24. The first-order chi connectivity index (χ1) is 6.75. The highest BCUT2D eigenvalue weighted by Crippen LogP contribution is 2.16. The third kappa shape index (κ3) is 2.22. The van der Waals surface area contributed by atoms with Gasteiger partial charge in [0, 0.05) is 37.9 Å². The van der Waals surface area contributed by atoms with Crippen LogP contribution in [0.2, 0.25) is 0 Å². The fourth-order valence-corrected chi connectivity index (χ4v) is 2.17. The highest BCUT2D eigenvalue weighted by Gasteiger charge is 2.22. The Labute approximate surface area is 85.9 Å². The molecule has 3 nitrogen and oxygen atoms in total. The molecule has 0 spiro atoms. The van der Waals surface area contributed by atoms with Crippen molar-refractivity contribution in [2.24, 2.45) is 0 Å². The van der Waals surface area contributed by atoms with Crippen LogP contribution in [0, 0.1) is 5.41 Å². The average Bonchev–Trinajstić information content (AvgIpc) is 2.21. The van der Waals surface area contributed by atoms with Gasteiger partial charge in [0.05, 0.1) is 0 Å². The van der Waals surface area contributed by atoms with Crippen LogP contribution in [0.3, 0.4) is 0 Å². The molecular formula is C11H19N3. The highest BCUT2D eigenvalue weighted by atomic mass is 15.3. The number of hydrogen-bond acceptors (Lipinski definition) is 3. The number of allylic oxidation sites excluding steroid dienone is 1. The molecule has 0 aromatic rings. The standard InChI is InChI=1S/C11H19N3/c1-13-6-8-14(9-7-13)11-4-2-10(12)3-5-11/h2,4,11-12H,3,5-9H2,1H3. The summed E-state index contributed by atoms with van der Waals surface area (Å²) in [5.74, 6) is 0. The molecule has 1 aliphatic heterocycles. The molecular weight excluding hydrogens is 174 g/mol. The van der Waals surface area contributed by atoms with E-state index in [0.717, 1.165) is 18.6 Å². The third-order valence-electron chi connectivity index (χ3n) is 3.24. The van der Waals surface area contributed by atoms with Gasteiger partial charge in [0.15, 0.2) is 0 Å². The van der Waals surface area contributed by atoms with Gasteiger partial charge >= 0.3 is 0 Å². The summed E-state index contributed by atoms with van der Waals surface area (Å²) in [6.07, 6.45) is 6.27. The molecule has 1 atom stereocenters. The van der Waals surface area contributed by atoms with Gasteiger partial charge in [-0.2, -0.15) is 0 Å². The van der Waals surface area contributed by atoms with Gasteiger partial charge in [-0.3, -0.25) is 4.90 Å². The maximum atomic E-state index is 7.51. The molecule has 78 valence electrons. The predicted molar refractivity (Wildman–Crippen MR) is 59.0 cm³/mol. The van der Waals surface area contributed by atoms with Gasteiger partial charge in [-0.1, -0.05) is 6.08 Å². The lowest BCUT2D eigenvalue weighted by molar-refractivity contribution is 0.126. The topological polar surface area (TPSA) is 30.3 Å². The van der Waals surface area contributed by atoms with E-state index in [1.54, 1.807) is 0 Å². The Balaban J connectivity index is 1.90. The molecule has 1 fully saturated rings. The molecule has 0 aromatic carbocycles. The molecule has 0 bridgehead atoms. The van der Waals surface area contributed by atoms with Crippen LogP contribution in [-0.4, -0.2) is 54.8 Å². The van der Waals surface area contributed by atoms with Gasteiger partial charge < -0.3 is 10.3 Å². The van der Waals surface area contributed by atoms with Crippen LogP contribution in [0.15, 0.2) is 12.2 Å². The normalized spacial score (nSPS) is 30.9. The van der Waals surface area contributed by atoms with Gasteiger partial charge in [0.2, 0.25) is 0 Å². The fraction of sp³-hybridized carbons (Fsp3) is 0.727. The largest absolute Gasteiger partial charge is 0.305 e. The zero-order valence-corrected chi connectivity index (χ0v) is 8.87. The van der Waals surface area contributed by atoms with E-state index in [-0.39, 0.29) is 0 Å². The molecule has 1 aliphatic carbocycles. The maximum absolute atomic E-state index is 7.51. The number of nitrogens with zero attached hydrogens (tertiary/aromatic N) is 2. The summed E-state index contributed by atoms with van der Waals surface area (Å²) < 4.78 is 0. The molecule has 1 N–H and O–H groups in total. The Morgan fingerprint density at radius 2 is 2.00 bits per heavy atom. The number of nitrogens with one attached hydrogen (secondary N) is 1. The predicted octanol–water partition coefficient (Wildman–Crippen LogP) is 0.972. The van der Waals surface area contributed by atoms with Crippen LogP contribution in [0.5, 0.6) is 0 Å². The van der Waals surface area contributed by atoms with Crippen molar-refractivity contribution in [3.63, 3.8) is 0 Å². The second-order valence-electron chi connectivity index (χ2n) is 4.33. The van der Waals surface area contributed by atoms with E-state index in [1.165, 1.54) is 26.2 Å². The van der Waals surface area contributed by atoms with Crippen molar-refractivity contribution in [2.45, 2.75) is 18.9 Å². The smallest absolute Gasteiger partial charge is 0.0312 e. The van der Waals surface area contributed by atoms with Crippen LogP contribution in [0.1, 0.15) is 12.8 Å². The van der Waals surface area contributed by atoms with Gasteiger partial charge in [-0.15, -0.1) is 0 Å². The van der Waals surface area contributed by atoms with Gasteiger partial charge in [-0.25, -0.2) is 0 Å². The average molecular weight is 193 g/mol. The zero-order chi connectivity index (χ0) is 9.97. The number of likely N-dealkylation sites (N-methyl/N-ethyl adjacent to an activating group) is 1. The van der Waals surface area contributed by atoms with Crippen molar-refractivity contribution >= 4 is 5.71 Å². The van der Waals surface area contributed by atoms with Crippen molar-refractivity contribution < 1.29 is 0 Å². The van der Waals surface area contributed by atoms with Gasteiger partial charge in [-0.05, 0) is 26.0 Å². The molecule has 0 amide bonds. The molecule has 1 unspecified atom stereocenters. The van der Waals surface area contributed by atoms with E-state index in [0.29, 0.717) is 6.04 Å². The fourth-order valence-electron chi connectivity index (χ4n) is 2.17. The van der Waals surface area contributed by atoms with Crippen LogP contribution >= 0.6 is 0 Å². The lowest BCUT2D eigenvalue weighted by Crippen LogP contribution is -2.49. The Kier molecular flexibility index (Phi) is 2.99. The lowest BCUT2D eigenvalue weighted by Gasteiger charge is -2.37. The van der Waals surface area contributed by atoms with E-state index in [1.807, 2.05) is 6.08 Å². The molecule has 0 radical (unpaired) electrons. The molecule has 0 saturated carbocycles. The molecule has 14 heavy (non-hydrogen) atoms. The molecule has 1 saturated heterocycles. The van der Waals surface area contributed by atoms with E-state index < -0.39 is 0 Å². The van der Waals surface area contributed by atoms with E-state index in [4.69, 9.17) is 5.41 Å². The van der Waals surface area contributed by atoms with Crippen molar-refractivity contribution in [3.8, 4) is 0 Å². The highest BCUT2D eigenvalue weighted by molar-refractivity contribution is 5.93. The first-order valence-electron chi connectivity index (χ1n) is 5.44. The maximum Gasteiger partial charge on any atom is 0.0312 e. The summed E-state index contributed by atoms with van der Waals surface area (Å²) >= 11 is 0. The molecule has 2 rings (SSSR count). The van der Waals surface area contributed by atoms with E-state index >= 15 is 0 Å². The molecule has 3 heteroatoms. The molecule has 2 aliphatic rings. The Morgan fingerprint density at radius 3 is 2.57 bits per heavy atom. The molecule has 1 heterocycles. The van der Waals surface area contributed by atoms with Gasteiger partial charge in [0.25, 0.3) is 0 Å².